The van der Waals surface area contributed by atoms with Gasteiger partial charge in [-0.2, -0.15) is 13.2 Å². The molecule has 0 amide bonds. The third kappa shape index (κ3) is 13.2. The van der Waals surface area contributed by atoms with Crippen molar-refractivity contribution in [3.8, 4) is 22.9 Å². The standard InChI is InChI=1S/C37H46F4N2O5/c1-3-5-7-9-10-11-12-13-15-23-46-30-25-42-34(43-26-30)27-17-19-28(20-18-27)35(44)47-29-21-22-31(32(38)24-29)36(45)48-33(37(39,40)41)16-14-8-6-4-2/h17-22,24-26,33H,3-16,23H2,1-2H3. The first-order valence-electron chi connectivity index (χ1n) is 17.0. The molecule has 7 nitrogen and oxygen atoms in total. The summed E-state index contributed by atoms with van der Waals surface area (Å²) in [5.41, 5.74) is 0.106. The Morgan fingerprint density at radius 2 is 1.31 bits per heavy atom. The lowest BCUT2D eigenvalue weighted by Crippen LogP contribution is -2.34. The van der Waals surface area contributed by atoms with E-state index in [2.05, 4.69) is 21.6 Å². The number of nitrogens with zero attached hydrogens (tertiary/aromatic N) is 2. The molecule has 0 bridgehead atoms. The third-order valence-electron chi connectivity index (χ3n) is 7.83. The number of carbonyl (C=O) groups excluding carboxylic acids is 2. The van der Waals surface area contributed by atoms with E-state index in [-0.39, 0.29) is 17.7 Å². The fraction of sp³-hybridized carbons (Fsp3) is 0.514. The second-order valence-electron chi connectivity index (χ2n) is 11.8. The number of carbonyl (C=O) groups is 2. The summed E-state index contributed by atoms with van der Waals surface area (Å²) in [5.74, 6) is -2.64. The van der Waals surface area contributed by atoms with Crippen LogP contribution in [0.4, 0.5) is 17.6 Å². The van der Waals surface area contributed by atoms with Crippen LogP contribution >= 0.6 is 0 Å². The third-order valence-corrected chi connectivity index (χ3v) is 7.83. The zero-order valence-electron chi connectivity index (χ0n) is 27.8. The van der Waals surface area contributed by atoms with E-state index < -0.39 is 42.0 Å². The minimum absolute atomic E-state index is 0.152. The molecular weight excluding hydrogens is 628 g/mol. The van der Waals surface area contributed by atoms with E-state index in [1.807, 2.05) is 6.92 Å². The van der Waals surface area contributed by atoms with Crippen LogP contribution in [-0.2, 0) is 4.74 Å². The molecule has 48 heavy (non-hydrogen) atoms. The number of halogens is 4. The number of benzene rings is 2. The Hall–Kier alpha value is -4.02. The minimum atomic E-state index is -4.78. The van der Waals surface area contributed by atoms with Gasteiger partial charge in [0.15, 0.2) is 17.7 Å². The van der Waals surface area contributed by atoms with Gasteiger partial charge >= 0.3 is 18.1 Å². The highest BCUT2D eigenvalue weighted by Crippen LogP contribution is 2.29. The number of aromatic nitrogens is 2. The van der Waals surface area contributed by atoms with Crippen LogP contribution in [0.3, 0.4) is 0 Å². The highest BCUT2D eigenvalue weighted by atomic mass is 19.4. The average molecular weight is 675 g/mol. The van der Waals surface area contributed by atoms with Crippen LogP contribution in [0, 0.1) is 5.82 Å². The van der Waals surface area contributed by atoms with Gasteiger partial charge in [0, 0.05) is 11.6 Å². The Kier molecular flexibility index (Phi) is 16.3. The molecule has 0 radical (unpaired) electrons. The predicted molar refractivity (Wildman–Crippen MR) is 176 cm³/mol. The molecule has 2 aromatic carbocycles. The number of esters is 2. The molecular formula is C37H46F4N2O5. The van der Waals surface area contributed by atoms with Gasteiger partial charge < -0.3 is 14.2 Å². The maximum Gasteiger partial charge on any atom is 0.425 e. The molecule has 1 aromatic heterocycles. The summed E-state index contributed by atoms with van der Waals surface area (Å²) < 4.78 is 70.5. The molecule has 262 valence electrons. The molecule has 0 aliphatic carbocycles. The van der Waals surface area contributed by atoms with E-state index >= 15 is 0 Å². The van der Waals surface area contributed by atoms with Crippen molar-refractivity contribution in [3.63, 3.8) is 0 Å². The van der Waals surface area contributed by atoms with Crippen LogP contribution < -0.4 is 9.47 Å². The van der Waals surface area contributed by atoms with Crippen molar-refractivity contribution in [1.82, 2.24) is 9.97 Å². The number of rotatable bonds is 21. The second kappa shape index (κ2) is 20.4. The summed E-state index contributed by atoms with van der Waals surface area (Å²) in [6.07, 6.45) is 9.15. The molecule has 1 unspecified atom stereocenters. The number of alkyl halides is 3. The van der Waals surface area contributed by atoms with Crippen LogP contribution in [0.2, 0.25) is 0 Å². The smallest absolute Gasteiger partial charge is 0.425 e. The van der Waals surface area contributed by atoms with Crippen LogP contribution in [0.1, 0.15) is 124 Å². The second-order valence-corrected chi connectivity index (χ2v) is 11.8. The quantitative estimate of drug-likeness (QED) is 0.0481. The summed E-state index contributed by atoms with van der Waals surface area (Å²) in [5, 5.41) is 0. The lowest BCUT2D eigenvalue weighted by molar-refractivity contribution is -0.206. The van der Waals surface area contributed by atoms with E-state index in [9.17, 15) is 27.2 Å². The largest absolute Gasteiger partial charge is 0.490 e. The Balaban J connectivity index is 1.47. The number of unbranched alkanes of at least 4 members (excludes halogenated alkanes) is 11. The van der Waals surface area contributed by atoms with Crippen LogP contribution in [0.15, 0.2) is 54.9 Å². The Bertz CT molecular complexity index is 1400. The molecule has 3 rings (SSSR count). The van der Waals surface area contributed by atoms with Crippen molar-refractivity contribution in [1.29, 1.82) is 0 Å². The Morgan fingerprint density at radius 1 is 0.729 bits per heavy atom. The molecule has 11 heteroatoms. The average Bonchev–Trinajstić information content (AvgIpc) is 3.07. The van der Waals surface area contributed by atoms with Crippen molar-refractivity contribution in [2.45, 2.75) is 116 Å². The highest BCUT2D eigenvalue weighted by molar-refractivity contribution is 5.92. The molecule has 1 heterocycles. The van der Waals surface area contributed by atoms with Gasteiger partial charge in [0.1, 0.15) is 11.6 Å². The zero-order valence-corrected chi connectivity index (χ0v) is 27.8. The van der Waals surface area contributed by atoms with Gasteiger partial charge in [-0.05, 0) is 43.5 Å². The first kappa shape index (κ1) is 38.4. The number of ether oxygens (including phenoxy) is 3. The highest BCUT2D eigenvalue weighted by Gasteiger charge is 2.42. The van der Waals surface area contributed by atoms with Crippen LogP contribution in [0.25, 0.3) is 11.4 Å². The van der Waals surface area contributed by atoms with Crippen molar-refractivity contribution in [2.75, 3.05) is 6.61 Å². The molecule has 0 N–H and O–H groups in total. The lowest BCUT2D eigenvalue weighted by atomic mass is 10.1. The Morgan fingerprint density at radius 3 is 1.90 bits per heavy atom. The summed E-state index contributed by atoms with van der Waals surface area (Å²) in [6, 6.07) is 9.05. The van der Waals surface area contributed by atoms with E-state index in [0.717, 1.165) is 43.9 Å². The normalized spacial score (nSPS) is 12.0. The first-order valence-corrected chi connectivity index (χ1v) is 17.0. The van der Waals surface area contributed by atoms with E-state index in [4.69, 9.17) is 9.47 Å². The van der Waals surface area contributed by atoms with Gasteiger partial charge in [0.2, 0.25) is 0 Å². The van der Waals surface area contributed by atoms with Crippen molar-refractivity contribution in [3.05, 3.63) is 71.8 Å². The summed E-state index contributed by atoms with van der Waals surface area (Å²) >= 11 is 0. The minimum Gasteiger partial charge on any atom is -0.490 e. The topological polar surface area (TPSA) is 87.6 Å². The molecule has 0 saturated heterocycles. The summed E-state index contributed by atoms with van der Waals surface area (Å²) in [7, 11) is 0. The van der Waals surface area contributed by atoms with Gasteiger partial charge in [-0.3, -0.25) is 0 Å². The van der Waals surface area contributed by atoms with Gasteiger partial charge in [-0.1, -0.05) is 96.6 Å². The molecule has 3 aromatic rings. The van der Waals surface area contributed by atoms with Gasteiger partial charge in [-0.15, -0.1) is 0 Å². The molecule has 0 saturated carbocycles. The van der Waals surface area contributed by atoms with E-state index in [1.165, 1.54) is 57.1 Å². The molecule has 0 aliphatic heterocycles. The zero-order chi connectivity index (χ0) is 34.8. The molecule has 0 spiro atoms. The van der Waals surface area contributed by atoms with Crippen LogP contribution in [-0.4, -0.2) is 40.8 Å². The van der Waals surface area contributed by atoms with Gasteiger partial charge in [0.05, 0.1) is 30.1 Å². The fourth-order valence-corrected chi connectivity index (χ4v) is 5.03. The predicted octanol–water partition coefficient (Wildman–Crippen LogP) is 10.5. The molecule has 0 fully saturated rings. The maximum atomic E-state index is 14.7. The maximum absolute atomic E-state index is 14.7. The van der Waals surface area contributed by atoms with Gasteiger partial charge in [-0.25, -0.2) is 23.9 Å². The number of hydrogen-bond donors (Lipinski definition) is 0. The van der Waals surface area contributed by atoms with Crippen molar-refractivity contribution in [2.24, 2.45) is 0 Å². The van der Waals surface area contributed by atoms with Crippen molar-refractivity contribution < 1.29 is 41.4 Å². The van der Waals surface area contributed by atoms with E-state index in [0.29, 0.717) is 30.2 Å². The first-order chi connectivity index (χ1) is 23.1. The SMILES string of the molecule is CCCCCCCCCCCOc1cnc(-c2ccc(C(=O)Oc3ccc(C(=O)OC(CCCCCC)C(F)(F)F)c(F)c3)cc2)nc1. The lowest BCUT2D eigenvalue weighted by Gasteiger charge is -2.21. The summed E-state index contributed by atoms with van der Waals surface area (Å²) in [6.45, 7) is 4.75. The van der Waals surface area contributed by atoms with Gasteiger partial charge in [0.25, 0.3) is 0 Å². The fourth-order valence-electron chi connectivity index (χ4n) is 5.03. The summed E-state index contributed by atoms with van der Waals surface area (Å²) in [4.78, 5) is 33.7. The molecule has 0 aliphatic rings. The van der Waals surface area contributed by atoms with E-state index in [1.54, 1.807) is 24.5 Å². The number of hydrogen-bond acceptors (Lipinski definition) is 7. The van der Waals surface area contributed by atoms with Crippen molar-refractivity contribution >= 4 is 11.9 Å². The monoisotopic (exact) mass is 674 g/mol. The Labute approximate surface area is 280 Å². The molecule has 1 atom stereocenters. The van der Waals surface area contributed by atoms with Crippen LogP contribution in [0.5, 0.6) is 11.5 Å².